The lowest BCUT2D eigenvalue weighted by Crippen LogP contribution is -2.60. The van der Waals surface area contributed by atoms with Gasteiger partial charge in [-0.25, -0.2) is 0 Å². The molecule has 2 fully saturated rings. The van der Waals surface area contributed by atoms with Crippen molar-refractivity contribution in [2.24, 2.45) is 23.7 Å². The second-order valence-electron chi connectivity index (χ2n) is 18.4. The maximum Gasteiger partial charge on any atom is 0.251 e. The quantitative estimate of drug-likeness (QED) is 0.0951. The number of likely N-dealkylation sites (tertiary alicyclic amines) is 1. The topological polar surface area (TPSA) is 201 Å². The van der Waals surface area contributed by atoms with Crippen LogP contribution in [0.3, 0.4) is 0 Å². The first-order valence-corrected chi connectivity index (χ1v) is 22.6. The van der Waals surface area contributed by atoms with Crippen molar-refractivity contribution in [3.8, 4) is 0 Å². The number of unbranched alkanes of at least 4 members (excludes halogenated alkanes) is 1. The van der Waals surface area contributed by atoms with E-state index in [0.29, 0.717) is 44.5 Å². The Morgan fingerprint density at radius 3 is 2.13 bits per heavy atom. The average Bonchev–Trinajstić information content (AvgIpc) is 4.01. The zero-order chi connectivity index (χ0) is 45.1. The molecule has 0 radical (unpaired) electrons. The van der Waals surface area contributed by atoms with E-state index in [1.807, 2.05) is 116 Å². The van der Waals surface area contributed by atoms with Crippen LogP contribution in [0.1, 0.15) is 130 Å². The van der Waals surface area contributed by atoms with Crippen molar-refractivity contribution in [2.45, 2.75) is 155 Å². The number of aromatic nitrogens is 4. The van der Waals surface area contributed by atoms with Gasteiger partial charge in [-0.15, -0.1) is 10.2 Å². The fourth-order valence-electron chi connectivity index (χ4n) is 8.89. The van der Waals surface area contributed by atoms with E-state index >= 15 is 0 Å². The molecule has 5 rings (SSSR count). The van der Waals surface area contributed by atoms with Crippen molar-refractivity contribution in [3.63, 3.8) is 0 Å². The van der Waals surface area contributed by atoms with E-state index in [9.17, 15) is 29.1 Å². The van der Waals surface area contributed by atoms with Crippen molar-refractivity contribution in [1.82, 2.24) is 46.4 Å². The number of hydrogen-bond acceptors (Lipinski definition) is 9. The SMILES string of the molecule is CCCC(NC(=O)[C@@H]1[C@H]2CCC[C@H]2CN1C(=O)[C@@H](NC(=O)[C@@H](NC(=O)CCCCc1nnn(C(C)(C)c2ccccc2)n1)C(C)C)C(C)C)C(O)C(=O)N[C@@H](C)c1ccccc1. The number of benzene rings is 2. The van der Waals surface area contributed by atoms with Crippen molar-refractivity contribution in [3.05, 3.63) is 77.6 Å². The first-order chi connectivity index (χ1) is 29.5. The third kappa shape index (κ3) is 11.8. The fraction of sp³-hybridized carbons (Fsp3) is 0.617. The molecule has 8 atom stereocenters. The van der Waals surface area contributed by atoms with Gasteiger partial charge < -0.3 is 31.3 Å². The number of rotatable bonds is 21. The second kappa shape index (κ2) is 21.8. The molecule has 0 bridgehead atoms. The first-order valence-electron chi connectivity index (χ1n) is 22.6. The number of fused-ring (bicyclic) bond motifs is 1. The van der Waals surface area contributed by atoms with Crippen LogP contribution in [0, 0.1) is 23.7 Å². The highest BCUT2D eigenvalue weighted by atomic mass is 16.3. The lowest BCUT2D eigenvalue weighted by molar-refractivity contribution is -0.144. The smallest absolute Gasteiger partial charge is 0.251 e. The molecule has 1 saturated carbocycles. The van der Waals surface area contributed by atoms with Gasteiger partial charge in [0.05, 0.1) is 12.1 Å². The molecule has 5 N–H and O–H groups in total. The first kappa shape index (κ1) is 47.9. The number of carbonyl (C=O) groups is 5. The summed E-state index contributed by atoms with van der Waals surface area (Å²) in [6.07, 6.45) is 3.99. The molecule has 1 aromatic heterocycles. The van der Waals surface area contributed by atoms with Gasteiger partial charge in [-0.3, -0.25) is 24.0 Å². The molecule has 15 heteroatoms. The van der Waals surface area contributed by atoms with E-state index in [2.05, 4.69) is 36.7 Å². The van der Waals surface area contributed by atoms with E-state index in [0.717, 1.165) is 30.4 Å². The minimum atomic E-state index is -1.50. The van der Waals surface area contributed by atoms with Crippen molar-refractivity contribution in [1.29, 1.82) is 0 Å². The molecule has 1 saturated heterocycles. The second-order valence-corrected chi connectivity index (χ2v) is 18.4. The van der Waals surface area contributed by atoms with Crippen LogP contribution in [0.5, 0.6) is 0 Å². The lowest BCUT2D eigenvalue weighted by Gasteiger charge is -2.34. The molecule has 2 aromatic carbocycles. The summed E-state index contributed by atoms with van der Waals surface area (Å²) in [6, 6.07) is 15.5. The molecule has 338 valence electrons. The molecule has 2 unspecified atom stereocenters. The van der Waals surface area contributed by atoms with Gasteiger partial charge in [0, 0.05) is 19.4 Å². The van der Waals surface area contributed by atoms with Crippen LogP contribution < -0.4 is 21.3 Å². The number of hydrogen-bond donors (Lipinski definition) is 5. The van der Waals surface area contributed by atoms with Crippen molar-refractivity contribution < 1.29 is 29.1 Å². The summed E-state index contributed by atoms with van der Waals surface area (Å²) in [4.78, 5) is 72.4. The average molecular weight is 856 g/mol. The number of tetrazole rings is 1. The highest BCUT2D eigenvalue weighted by Gasteiger charge is 2.51. The van der Waals surface area contributed by atoms with E-state index in [-0.39, 0.29) is 47.9 Å². The van der Waals surface area contributed by atoms with E-state index in [4.69, 9.17) is 0 Å². The Morgan fingerprint density at radius 1 is 0.823 bits per heavy atom. The monoisotopic (exact) mass is 856 g/mol. The summed E-state index contributed by atoms with van der Waals surface area (Å²) < 4.78 is 0. The predicted molar refractivity (Wildman–Crippen MR) is 236 cm³/mol. The molecule has 2 heterocycles. The highest BCUT2D eigenvalue weighted by molar-refractivity contribution is 5.95. The molecular formula is C47H69N9O6. The molecule has 2 aliphatic rings. The number of aliphatic hydroxyl groups is 1. The van der Waals surface area contributed by atoms with Crippen LogP contribution in [0.15, 0.2) is 60.7 Å². The summed E-state index contributed by atoms with van der Waals surface area (Å²) in [5, 5.41) is 36.1. The summed E-state index contributed by atoms with van der Waals surface area (Å²) in [6.45, 7) is 15.6. The third-order valence-corrected chi connectivity index (χ3v) is 12.7. The number of nitrogens with one attached hydrogen (secondary N) is 4. The zero-order valence-electron chi connectivity index (χ0n) is 37.8. The molecule has 1 aliphatic carbocycles. The van der Waals surface area contributed by atoms with Gasteiger partial charge >= 0.3 is 0 Å². The van der Waals surface area contributed by atoms with Gasteiger partial charge in [0.2, 0.25) is 23.6 Å². The van der Waals surface area contributed by atoms with Crippen LogP contribution in [0.2, 0.25) is 0 Å². The fourth-order valence-corrected chi connectivity index (χ4v) is 8.89. The van der Waals surface area contributed by atoms with E-state index in [1.54, 1.807) is 9.70 Å². The van der Waals surface area contributed by atoms with E-state index in [1.165, 1.54) is 0 Å². The molecule has 1 aliphatic heterocycles. The van der Waals surface area contributed by atoms with Gasteiger partial charge in [-0.2, -0.15) is 4.80 Å². The Balaban J connectivity index is 1.18. The molecular weight excluding hydrogens is 787 g/mol. The van der Waals surface area contributed by atoms with Gasteiger partial charge in [-0.05, 0) is 92.9 Å². The summed E-state index contributed by atoms with van der Waals surface area (Å²) in [7, 11) is 0. The molecule has 5 amide bonds. The lowest BCUT2D eigenvalue weighted by atomic mass is 9.92. The number of aryl methyl sites for hydroxylation is 1. The number of nitrogens with zero attached hydrogens (tertiary/aromatic N) is 5. The maximum atomic E-state index is 14.5. The van der Waals surface area contributed by atoms with Crippen LogP contribution in [0.4, 0.5) is 0 Å². The Kier molecular flexibility index (Phi) is 16.8. The zero-order valence-corrected chi connectivity index (χ0v) is 37.8. The minimum absolute atomic E-state index is 0.0830. The predicted octanol–water partition coefficient (Wildman–Crippen LogP) is 4.60. The Bertz CT molecular complexity index is 1950. The van der Waals surface area contributed by atoms with Crippen LogP contribution in [-0.4, -0.2) is 96.6 Å². The molecule has 62 heavy (non-hydrogen) atoms. The van der Waals surface area contributed by atoms with Crippen molar-refractivity contribution in [2.75, 3.05) is 6.54 Å². The van der Waals surface area contributed by atoms with E-state index < -0.39 is 53.5 Å². The molecule has 15 nitrogen and oxygen atoms in total. The molecule has 0 spiro atoms. The van der Waals surface area contributed by atoms with Crippen LogP contribution in [-0.2, 0) is 35.9 Å². The van der Waals surface area contributed by atoms with Crippen LogP contribution in [0.25, 0.3) is 0 Å². The summed E-state index contributed by atoms with van der Waals surface area (Å²) in [5.41, 5.74) is 1.47. The summed E-state index contributed by atoms with van der Waals surface area (Å²) >= 11 is 0. The highest BCUT2D eigenvalue weighted by Crippen LogP contribution is 2.43. The number of amides is 5. The Morgan fingerprint density at radius 2 is 1.48 bits per heavy atom. The number of aliphatic hydroxyl groups excluding tert-OH is 1. The van der Waals surface area contributed by atoms with Gasteiger partial charge in [0.1, 0.15) is 23.7 Å². The van der Waals surface area contributed by atoms with Gasteiger partial charge in [0.15, 0.2) is 11.9 Å². The van der Waals surface area contributed by atoms with Gasteiger partial charge in [0.25, 0.3) is 5.91 Å². The third-order valence-electron chi connectivity index (χ3n) is 12.7. The van der Waals surface area contributed by atoms with Crippen molar-refractivity contribution >= 4 is 29.5 Å². The van der Waals surface area contributed by atoms with Gasteiger partial charge in [-0.1, -0.05) is 108 Å². The number of carbonyl (C=O) groups excluding carboxylic acids is 5. The molecule has 3 aromatic rings. The Hall–Kier alpha value is -5.18. The Labute approximate surface area is 366 Å². The van der Waals surface area contributed by atoms with Crippen LogP contribution >= 0.6 is 0 Å². The standard InChI is InChI=1S/C47H69N9O6/c1-9-19-36(42(58)45(61)48-31(6)32-20-12-10-13-21-32)49-44(60)41-35-25-18-22-33(35)28-55(41)46(62)40(30(4)5)51-43(59)39(29(2)3)50-38(57)27-17-16-26-37-52-54-56(53-37)47(7,8)34-23-14-11-15-24-34/h10-15,20-21,23-24,29-31,33,35-36,39-42,58H,9,16-19,22,25-28H2,1-8H3,(H,48,61)(H,49,60)(H,50,57)(H,51,59)/t31-,33-,35-,36?,39-,40-,41-,42?/m0/s1. The largest absolute Gasteiger partial charge is 0.381 e. The maximum absolute atomic E-state index is 14.5. The summed E-state index contributed by atoms with van der Waals surface area (Å²) in [5.74, 6) is -2.07. The normalized spacial score (nSPS) is 19.9. The minimum Gasteiger partial charge on any atom is -0.381 e.